The molecule has 2 heterocycles. The number of Topliss-reactive ketones (excluding diaryl/α,β-unsaturated/α-hetero) is 3. The third kappa shape index (κ3) is 17.0. The van der Waals surface area contributed by atoms with E-state index >= 15 is 0 Å². The van der Waals surface area contributed by atoms with Crippen molar-refractivity contribution in [3.63, 3.8) is 0 Å². The zero-order valence-corrected chi connectivity index (χ0v) is 41.9. The molecule has 6 atom stereocenters. The number of amides is 4. The number of unbranched alkanes of at least 4 members (excludes halogenated alkanes) is 11. The first kappa shape index (κ1) is 56.4. The van der Waals surface area contributed by atoms with Crippen molar-refractivity contribution >= 4 is 41.0 Å². The lowest BCUT2D eigenvalue weighted by molar-refractivity contribution is -0.144. The summed E-state index contributed by atoms with van der Waals surface area (Å²) in [5.41, 5.74) is 19.0. The summed E-state index contributed by atoms with van der Waals surface area (Å²) < 4.78 is 6.07. The summed E-state index contributed by atoms with van der Waals surface area (Å²) >= 11 is 0. The van der Waals surface area contributed by atoms with Crippen LogP contribution in [0.4, 0.5) is 0 Å². The van der Waals surface area contributed by atoms with Gasteiger partial charge in [0.15, 0.2) is 11.6 Å². The topological polar surface area (TPSA) is 246 Å². The number of nitrogens with one attached hydrogen (secondary N) is 1. The zero-order valence-electron chi connectivity index (χ0n) is 41.9. The molecule has 69 heavy (non-hydrogen) atoms. The van der Waals surface area contributed by atoms with Crippen LogP contribution in [0.3, 0.4) is 0 Å². The van der Waals surface area contributed by atoms with Gasteiger partial charge < -0.3 is 42.2 Å². The van der Waals surface area contributed by atoms with Gasteiger partial charge in [0.1, 0.15) is 36.0 Å². The van der Waals surface area contributed by atoms with Crippen LogP contribution in [0.5, 0.6) is 11.5 Å². The fraction of sp³-hybridized carbons (Fsp3) is 0.648. The molecule has 15 nitrogen and oxygen atoms in total. The Morgan fingerprint density at radius 3 is 2.19 bits per heavy atom. The van der Waals surface area contributed by atoms with Crippen LogP contribution >= 0.6 is 0 Å². The van der Waals surface area contributed by atoms with E-state index in [1.54, 1.807) is 51.2 Å². The molecule has 0 aliphatic carbocycles. The lowest BCUT2D eigenvalue weighted by Gasteiger charge is -2.32. The molecule has 1 saturated heterocycles. The lowest BCUT2D eigenvalue weighted by Crippen LogP contribution is -2.48. The van der Waals surface area contributed by atoms with Crippen molar-refractivity contribution in [1.29, 1.82) is 0 Å². The van der Waals surface area contributed by atoms with E-state index in [-0.39, 0.29) is 62.2 Å². The van der Waals surface area contributed by atoms with Gasteiger partial charge in [-0.25, -0.2) is 0 Å². The van der Waals surface area contributed by atoms with Gasteiger partial charge in [-0.15, -0.1) is 0 Å². The molecule has 2 aromatic rings. The van der Waals surface area contributed by atoms with Crippen LogP contribution in [0.25, 0.3) is 11.1 Å². The highest BCUT2D eigenvalue weighted by atomic mass is 16.5. The molecule has 4 amide bonds. The minimum absolute atomic E-state index is 0.000796. The van der Waals surface area contributed by atoms with Gasteiger partial charge in [0.25, 0.3) is 0 Å². The van der Waals surface area contributed by atoms with Gasteiger partial charge in [0, 0.05) is 74.7 Å². The number of nitrogens with zero attached hydrogens (tertiary/aromatic N) is 2. The number of fused-ring (bicyclic) bond motifs is 5. The maximum absolute atomic E-state index is 14.8. The largest absolute Gasteiger partial charge is 0.507 e. The van der Waals surface area contributed by atoms with E-state index in [0.717, 1.165) is 25.7 Å². The summed E-state index contributed by atoms with van der Waals surface area (Å²) in [5.74, 6) is -5.07. The van der Waals surface area contributed by atoms with E-state index in [9.17, 15) is 38.7 Å². The minimum atomic E-state index is -1.21. The summed E-state index contributed by atoms with van der Waals surface area (Å²) in [6.07, 6.45) is 15.4. The highest BCUT2D eigenvalue weighted by Crippen LogP contribution is 2.40. The minimum Gasteiger partial charge on any atom is -0.507 e. The van der Waals surface area contributed by atoms with Gasteiger partial charge in [-0.2, -0.15) is 0 Å². The Kier molecular flexibility index (Phi) is 23.8. The van der Waals surface area contributed by atoms with E-state index in [1.165, 1.54) is 60.8 Å². The van der Waals surface area contributed by atoms with Gasteiger partial charge in [-0.1, -0.05) is 104 Å². The fourth-order valence-corrected chi connectivity index (χ4v) is 9.84. The summed E-state index contributed by atoms with van der Waals surface area (Å²) in [6.45, 7) is 6.52. The number of carbonyl (C=O) groups excluding carboxylic acids is 7. The molecule has 2 aromatic carbocycles. The van der Waals surface area contributed by atoms with E-state index in [2.05, 4.69) is 12.2 Å². The fourth-order valence-electron chi connectivity index (χ4n) is 9.84. The van der Waals surface area contributed by atoms with Crippen LogP contribution in [-0.2, 0) is 40.0 Å². The van der Waals surface area contributed by atoms with E-state index < -0.39 is 59.3 Å². The van der Waals surface area contributed by atoms with Crippen molar-refractivity contribution in [3.05, 3.63) is 47.5 Å². The number of ether oxygens (including phenoxy) is 1. The molecule has 4 rings (SSSR count). The Morgan fingerprint density at radius 2 is 1.54 bits per heavy atom. The van der Waals surface area contributed by atoms with Gasteiger partial charge >= 0.3 is 0 Å². The van der Waals surface area contributed by atoms with Crippen molar-refractivity contribution in [1.82, 2.24) is 15.1 Å². The van der Waals surface area contributed by atoms with Crippen LogP contribution in [0, 0.1) is 17.8 Å². The molecule has 8 N–H and O–H groups in total. The first-order chi connectivity index (χ1) is 33.1. The Morgan fingerprint density at radius 1 is 0.855 bits per heavy atom. The summed E-state index contributed by atoms with van der Waals surface area (Å²) in [4.78, 5) is 99.7. The number of phenols is 1. The third-order valence-electron chi connectivity index (χ3n) is 13.9. The SMILES string of the molecule is CCCCCCCCCCCCCC(=O)C[C@@H](CCCCN)C(=O)N(C)[C@@H]1C(=O)C[C@@H](C)C(=O)N[C@H](C(=O)C[C@@H](C)C(=O)N2CCC[C@H]2C(N)=O)Cc2ccc(O)c(c2)-c2cc1ccc2OCCN. The number of rotatable bonds is 28. The monoisotopic (exact) mass is 959 g/mol. The third-order valence-corrected chi connectivity index (χ3v) is 13.9. The van der Waals surface area contributed by atoms with Crippen molar-refractivity contribution in [3.8, 4) is 22.6 Å². The number of phenolic OH excluding ortho intramolecular Hbond substituents is 1. The molecule has 0 spiro atoms. The molecule has 2 aliphatic rings. The second kappa shape index (κ2) is 29.1. The number of hydrogen-bond donors (Lipinski definition) is 5. The normalized spacial score (nSPS) is 19.3. The number of ketones is 3. The molecule has 0 radical (unpaired) electrons. The molecule has 0 unspecified atom stereocenters. The van der Waals surface area contributed by atoms with E-state index in [1.807, 2.05) is 0 Å². The van der Waals surface area contributed by atoms with Crippen LogP contribution in [0.15, 0.2) is 36.4 Å². The number of likely N-dealkylation sites (tertiary alicyclic amines) is 1. The number of benzene rings is 2. The Bertz CT molecular complexity index is 2040. The lowest BCUT2D eigenvalue weighted by atomic mass is 9.87. The molecule has 1 fully saturated rings. The number of likely N-dealkylation sites (N-methyl/N-ethyl adjacent to an activating group) is 1. The van der Waals surface area contributed by atoms with Crippen molar-refractivity contribution < 1.29 is 43.4 Å². The van der Waals surface area contributed by atoms with Crippen LogP contribution in [0.1, 0.15) is 166 Å². The predicted molar refractivity (Wildman–Crippen MR) is 268 cm³/mol. The first-order valence-corrected chi connectivity index (χ1v) is 25.8. The molecule has 0 saturated carbocycles. The first-order valence-electron chi connectivity index (χ1n) is 25.8. The van der Waals surface area contributed by atoms with Crippen molar-refractivity contribution in [2.45, 2.75) is 174 Å². The molecule has 0 aromatic heterocycles. The van der Waals surface area contributed by atoms with Crippen molar-refractivity contribution in [2.75, 3.05) is 33.3 Å². The average molecular weight is 959 g/mol. The Hall–Kier alpha value is -5.15. The molecule has 15 heteroatoms. The number of carbonyl (C=O) groups is 7. The maximum Gasteiger partial charge on any atom is 0.240 e. The summed E-state index contributed by atoms with van der Waals surface area (Å²) in [5, 5.41) is 14.3. The average Bonchev–Trinajstić information content (AvgIpc) is 3.83. The Balaban J connectivity index is 1.63. The van der Waals surface area contributed by atoms with Crippen LogP contribution in [0.2, 0.25) is 0 Å². The molecule has 2 aliphatic heterocycles. The molecular formula is C54H82N6O9. The molecular weight excluding hydrogens is 877 g/mol. The second-order valence-electron chi connectivity index (χ2n) is 19.6. The smallest absolute Gasteiger partial charge is 0.240 e. The van der Waals surface area contributed by atoms with E-state index in [0.29, 0.717) is 79.6 Å². The van der Waals surface area contributed by atoms with Crippen LogP contribution < -0.4 is 27.3 Å². The summed E-state index contributed by atoms with van der Waals surface area (Å²) in [6, 6.07) is 6.76. The Labute approximate surface area is 410 Å². The van der Waals surface area contributed by atoms with E-state index in [4.69, 9.17) is 21.9 Å². The number of hydrogen-bond acceptors (Lipinski definition) is 11. The van der Waals surface area contributed by atoms with Gasteiger partial charge in [-0.3, -0.25) is 33.6 Å². The van der Waals surface area contributed by atoms with Crippen LogP contribution in [-0.4, -0.2) is 101 Å². The number of aromatic hydroxyl groups is 1. The predicted octanol–water partition coefficient (Wildman–Crippen LogP) is 7.01. The maximum atomic E-state index is 14.8. The second-order valence-corrected chi connectivity index (χ2v) is 19.6. The van der Waals surface area contributed by atoms with Gasteiger partial charge in [0.05, 0.1) is 6.04 Å². The summed E-state index contributed by atoms with van der Waals surface area (Å²) in [7, 11) is 1.55. The molecule has 4 bridgehead atoms. The highest BCUT2D eigenvalue weighted by Gasteiger charge is 2.38. The quantitative estimate of drug-likeness (QED) is 0.0543. The highest BCUT2D eigenvalue weighted by molar-refractivity contribution is 5.97. The number of primary amides is 1. The van der Waals surface area contributed by atoms with Gasteiger partial charge in [-0.05, 0) is 80.5 Å². The van der Waals surface area contributed by atoms with Gasteiger partial charge in [0.2, 0.25) is 23.6 Å². The number of nitrogens with two attached hydrogens (primary N) is 3. The standard InChI is InChI=1S/C54H82N6O9/c1-5-6-7-8-9-10-11-12-13-14-15-20-41(61)34-40(19-16-17-26-55)54(68)59(4)50-39-23-25-49(69-29-27-56)43(35-39)42-32-38(22-24-46(42)62)33-44(58-52(66)36(2)30-48(50)64)47(63)31-37(3)53(67)60-28-18-21-45(60)51(57)65/h22-25,32,35-37,40,44-45,50,62H,5-21,26-31,33-34,55-56H2,1-4H3,(H2,57,65)(H,58,66)/t36-,37-,40-,44+,45+,50+/m1/s1. The molecule has 382 valence electrons. The zero-order chi connectivity index (χ0) is 50.5. The van der Waals surface area contributed by atoms with Crippen molar-refractivity contribution in [2.24, 2.45) is 35.0 Å².